The molecular formula is C21H12F29N2+. The number of alkyl halides is 29. The van der Waals surface area contributed by atoms with Gasteiger partial charge in [-0.1, -0.05) is 0 Å². The van der Waals surface area contributed by atoms with Crippen molar-refractivity contribution in [3.63, 3.8) is 0 Å². The molecule has 0 saturated heterocycles. The zero-order chi connectivity index (χ0) is 42.4. The van der Waals surface area contributed by atoms with Gasteiger partial charge in [0.15, 0.2) is 0 Å². The molecule has 31 heteroatoms. The van der Waals surface area contributed by atoms with Gasteiger partial charge < -0.3 is 0 Å². The highest BCUT2D eigenvalue weighted by Crippen LogP contribution is 2.69. The summed E-state index contributed by atoms with van der Waals surface area (Å²) in [6.07, 6.45) is -9.73. The molecule has 0 spiro atoms. The molecule has 52 heavy (non-hydrogen) atoms. The van der Waals surface area contributed by atoms with Crippen LogP contribution in [0.3, 0.4) is 0 Å². The molecule has 0 fully saturated rings. The van der Waals surface area contributed by atoms with Gasteiger partial charge in [0.2, 0.25) is 6.33 Å². The minimum atomic E-state index is -9.92. The third kappa shape index (κ3) is 5.94. The van der Waals surface area contributed by atoms with E-state index in [-0.39, 0.29) is 0 Å². The van der Waals surface area contributed by atoms with Crippen molar-refractivity contribution in [1.82, 2.24) is 4.57 Å². The molecule has 0 aliphatic carbocycles. The number of imidazole rings is 1. The summed E-state index contributed by atoms with van der Waals surface area (Å²) in [6.45, 7) is -0.957. The molecule has 1 heterocycles. The molecule has 0 amide bonds. The second-order valence-electron chi connectivity index (χ2n) is 10.5. The van der Waals surface area contributed by atoms with E-state index in [1.165, 1.54) is 7.05 Å². The maximum absolute atomic E-state index is 14.0. The van der Waals surface area contributed by atoms with Crippen molar-refractivity contribution in [3.8, 4) is 0 Å². The Bertz CT molecular complexity index is 1410. The minimum absolute atomic E-state index is 0.760. The van der Waals surface area contributed by atoms with Gasteiger partial charge in [0.1, 0.15) is 12.4 Å². The Morgan fingerprint density at radius 2 is 0.635 bits per heavy atom. The van der Waals surface area contributed by atoms with Crippen LogP contribution in [0.25, 0.3) is 0 Å². The Kier molecular flexibility index (Phi) is 11.2. The highest BCUT2D eigenvalue weighted by atomic mass is 19.4. The van der Waals surface area contributed by atoms with Crippen LogP contribution in [0.1, 0.15) is 12.8 Å². The second kappa shape index (κ2) is 12.4. The maximum atomic E-state index is 14.0. The fourth-order valence-electron chi connectivity index (χ4n) is 3.65. The Morgan fingerprint density at radius 3 is 0.865 bits per heavy atom. The van der Waals surface area contributed by atoms with Crippen LogP contribution in [-0.2, 0) is 13.6 Å². The molecule has 2 nitrogen and oxygen atoms in total. The lowest BCUT2D eigenvalue weighted by Gasteiger charge is -2.46. The third-order valence-electron chi connectivity index (χ3n) is 6.88. The predicted molar refractivity (Wildman–Crippen MR) is 105 cm³/mol. The van der Waals surface area contributed by atoms with E-state index in [0.717, 1.165) is 27.9 Å². The average molecular weight is 843 g/mol. The van der Waals surface area contributed by atoms with Crippen molar-refractivity contribution in [2.45, 2.75) is 103 Å². The quantitative estimate of drug-likeness (QED) is 0.116. The molecule has 1 rings (SSSR count). The number of halogens is 29. The fourth-order valence-corrected chi connectivity index (χ4v) is 3.65. The largest absolute Gasteiger partial charge is 0.460 e. The highest BCUT2D eigenvalue weighted by Gasteiger charge is 3.00. The van der Waals surface area contributed by atoms with E-state index in [0.29, 0.717) is 0 Å². The SMILES string of the molecule is C[n+]1ccn(CCCC(F)(F)C(F)(F)C(F)(F)C(F)(F)C(F)(F)C(F)(F)C(F)(F)C(F)(F)C(F)(F)C(F)(F)C(F)(F)C(F)(F)C(F)(F)C(F)(F)F)c1. The van der Waals surface area contributed by atoms with E-state index in [4.69, 9.17) is 0 Å². The smallest absolute Gasteiger partial charge is 0.240 e. The third-order valence-corrected chi connectivity index (χ3v) is 6.88. The second-order valence-corrected chi connectivity index (χ2v) is 10.5. The molecule has 1 aromatic heterocycles. The molecule has 0 aliphatic heterocycles. The van der Waals surface area contributed by atoms with Crippen LogP contribution >= 0.6 is 0 Å². The molecule has 0 bridgehead atoms. The molecule has 0 N–H and O–H groups in total. The normalized spacial score (nSPS) is 16.5. The first-order valence-electron chi connectivity index (χ1n) is 12.2. The lowest BCUT2D eigenvalue weighted by atomic mass is 9.83. The molecule has 308 valence electrons. The molecule has 0 aliphatic rings. The van der Waals surface area contributed by atoms with Gasteiger partial charge in [0.05, 0.1) is 13.6 Å². The summed E-state index contributed by atoms with van der Waals surface area (Å²) in [5, 5.41) is 0. The van der Waals surface area contributed by atoms with Gasteiger partial charge in [-0.2, -0.15) is 127 Å². The zero-order valence-corrected chi connectivity index (χ0v) is 23.7. The van der Waals surface area contributed by atoms with E-state index in [1.54, 1.807) is 0 Å². The standard InChI is InChI=1S/C21H12F29N2/c1-51-5-6-52(7-51)4-2-3-8(22,23)9(24,25)10(26,27)11(28,29)12(30,31)13(32,33)14(34,35)15(36,37)16(38,39)17(40,41)18(42,43)19(44,45)20(46,47)21(48,49)50/h5-7H,2-4H2,1H3/q+1. The fraction of sp³-hybridized carbons (Fsp3) is 0.857. The Balaban J connectivity index is 3.80. The van der Waals surface area contributed by atoms with Gasteiger partial charge in [0.25, 0.3) is 0 Å². The maximum Gasteiger partial charge on any atom is 0.460 e. The number of aryl methyl sites for hydroxylation is 2. The first-order valence-corrected chi connectivity index (χ1v) is 12.2. The van der Waals surface area contributed by atoms with E-state index in [1.807, 2.05) is 0 Å². The van der Waals surface area contributed by atoms with Crippen molar-refractivity contribution in [2.24, 2.45) is 7.05 Å². The number of hydrogen-bond donors (Lipinski definition) is 0. The molecule has 0 atom stereocenters. The molecule has 0 unspecified atom stereocenters. The topological polar surface area (TPSA) is 8.81 Å². The number of rotatable bonds is 16. The van der Waals surface area contributed by atoms with Crippen molar-refractivity contribution in [3.05, 3.63) is 18.7 Å². The van der Waals surface area contributed by atoms with Crippen LogP contribution in [0.2, 0.25) is 0 Å². The molecule has 0 radical (unpaired) electrons. The van der Waals surface area contributed by atoms with Crippen molar-refractivity contribution in [2.75, 3.05) is 0 Å². The van der Waals surface area contributed by atoms with E-state index in [2.05, 4.69) is 0 Å². The first-order chi connectivity index (χ1) is 22.2. The van der Waals surface area contributed by atoms with Gasteiger partial charge in [-0.25, -0.2) is 9.13 Å². The molecule has 1 aromatic rings. The summed E-state index contributed by atoms with van der Waals surface area (Å²) in [5.74, 6) is -120. The van der Waals surface area contributed by atoms with Crippen LogP contribution in [0.4, 0.5) is 127 Å². The number of aromatic nitrogens is 2. The lowest BCUT2D eigenvalue weighted by Crippen LogP contribution is -2.79. The first kappa shape index (κ1) is 47.2. The van der Waals surface area contributed by atoms with Crippen LogP contribution in [0, 0.1) is 0 Å². The number of nitrogens with zero attached hydrogens (tertiary/aromatic N) is 2. The van der Waals surface area contributed by atoms with Crippen molar-refractivity contribution in [1.29, 1.82) is 0 Å². The summed E-state index contributed by atoms with van der Waals surface area (Å²) in [7, 11) is 1.22. The molecule has 0 saturated carbocycles. The van der Waals surface area contributed by atoms with E-state index >= 15 is 0 Å². The Morgan fingerprint density at radius 1 is 0.385 bits per heavy atom. The molecule has 0 aromatic carbocycles. The van der Waals surface area contributed by atoms with Crippen LogP contribution in [0.5, 0.6) is 0 Å². The summed E-state index contributed by atoms with van der Waals surface area (Å²) >= 11 is 0. The van der Waals surface area contributed by atoms with Gasteiger partial charge in [-0.05, 0) is 6.42 Å². The van der Waals surface area contributed by atoms with Gasteiger partial charge in [0, 0.05) is 6.42 Å². The van der Waals surface area contributed by atoms with Gasteiger partial charge in [-0.15, -0.1) is 0 Å². The Labute approximate surface area is 266 Å². The van der Waals surface area contributed by atoms with Gasteiger partial charge >= 0.3 is 83.2 Å². The Hall–Kier alpha value is -2.82. The summed E-state index contributed by atoms with van der Waals surface area (Å²) in [5.41, 5.74) is 0. The highest BCUT2D eigenvalue weighted by molar-refractivity contribution is 5.21. The minimum Gasteiger partial charge on any atom is -0.240 e. The van der Waals surface area contributed by atoms with Crippen molar-refractivity contribution >= 4 is 0 Å². The summed E-state index contributed by atoms with van der Waals surface area (Å²) in [4.78, 5) is 0. The monoisotopic (exact) mass is 843 g/mol. The van der Waals surface area contributed by atoms with E-state index in [9.17, 15) is 127 Å². The molecular weight excluding hydrogens is 831 g/mol. The average Bonchev–Trinajstić information content (AvgIpc) is 3.35. The van der Waals surface area contributed by atoms with Crippen LogP contribution in [-0.4, -0.2) is 87.7 Å². The summed E-state index contributed by atoms with van der Waals surface area (Å²) < 4.78 is 395. The van der Waals surface area contributed by atoms with E-state index < -0.39 is 103 Å². The summed E-state index contributed by atoms with van der Waals surface area (Å²) in [6, 6.07) is 0. The zero-order valence-electron chi connectivity index (χ0n) is 23.7. The van der Waals surface area contributed by atoms with Crippen LogP contribution in [0.15, 0.2) is 18.7 Å². The predicted octanol–water partition coefficient (Wildman–Crippen LogP) is 9.91. The lowest BCUT2D eigenvalue weighted by molar-refractivity contribution is -0.671. The van der Waals surface area contributed by atoms with Crippen LogP contribution < -0.4 is 4.57 Å². The van der Waals surface area contributed by atoms with Crippen molar-refractivity contribution < 1.29 is 132 Å². The van der Waals surface area contributed by atoms with Gasteiger partial charge in [-0.3, -0.25) is 0 Å². The number of hydrogen-bond acceptors (Lipinski definition) is 0.